The van der Waals surface area contributed by atoms with Gasteiger partial charge in [-0.05, 0) is 7.05 Å². The minimum atomic E-state index is -3.29. The molecule has 0 fully saturated rings. The number of hydrogen-bond acceptors (Lipinski definition) is 7. The van der Waals surface area contributed by atoms with Crippen LogP contribution in [0.5, 0.6) is 0 Å². The van der Waals surface area contributed by atoms with Gasteiger partial charge in [-0.15, -0.1) is 0 Å². The molecule has 0 aliphatic rings. The first-order chi connectivity index (χ1) is 11.0. The van der Waals surface area contributed by atoms with E-state index in [0.29, 0.717) is 0 Å². The first-order valence-electron chi connectivity index (χ1n) is 6.44. The summed E-state index contributed by atoms with van der Waals surface area (Å²) in [7, 11) is 2.17. The predicted molar refractivity (Wildman–Crippen MR) is 92.5 cm³/mol. The maximum Gasteiger partial charge on any atom is 0.282 e. The average Bonchev–Trinajstić information content (AvgIpc) is 2.59. The van der Waals surface area contributed by atoms with Crippen molar-refractivity contribution in [3.05, 3.63) is 0 Å². The second kappa shape index (κ2) is 9.06. The van der Waals surface area contributed by atoms with Gasteiger partial charge in [-0.2, -0.15) is 37.9 Å². The molecule has 0 saturated heterocycles. The number of carbonyl (C=O) groups is 3. The van der Waals surface area contributed by atoms with E-state index in [1.54, 1.807) is 0 Å². The summed E-state index contributed by atoms with van der Waals surface area (Å²) in [5, 5.41) is 6.87. The fourth-order valence-corrected chi connectivity index (χ4v) is 2.10. The van der Waals surface area contributed by atoms with Crippen LogP contribution >= 0.6 is 37.9 Å². The Kier molecular flexibility index (Phi) is 8.76. The first-order valence-corrected chi connectivity index (χ1v) is 8.34. The number of carbonyl (C=O) groups excluding carboxylic acids is 3. The van der Waals surface area contributed by atoms with Crippen LogP contribution in [0.1, 0.15) is 0 Å². The van der Waals surface area contributed by atoms with Crippen LogP contribution in [0.2, 0.25) is 0 Å². The molecule has 0 aromatic rings. The molecule has 0 rings (SSSR count). The molecule has 3 amide bonds. The predicted octanol–water partition coefficient (Wildman–Crippen LogP) is -1.03. The number of halogens is 3. The maximum absolute atomic E-state index is 14.6. The lowest BCUT2D eigenvalue weighted by molar-refractivity contribution is -0.150. The molecule has 0 radical (unpaired) electrons. The Morgan fingerprint density at radius 1 is 0.750 bits per heavy atom. The highest BCUT2D eigenvalue weighted by Crippen LogP contribution is 2.18. The molecule has 0 aliphatic heterocycles. The summed E-state index contributed by atoms with van der Waals surface area (Å²) in [6.45, 7) is 0. The highest BCUT2D eigenvalue weighted by Gasteiger charge is 2.49. The van der Waals surface area contributed by atoms with E-state index in [9.17, 15) is 27.6 Å². The van der Waals surface area contributed by atoms with Crippen LogP contribution in [0.25, 0.3) is 0 Å². The third kappa shape index (κ3) is 5.10. The Morgan fingerprint density at radius 3 is 1.38 bits per heavy atom. The highest BCUT2D eigenvalue weighted by molar-refractivity contribution is 7.80. The van der Waals surface area contributed by atoms with Crippen LogP contribution in [0.3, 0.4) is 0 Å². The number of hydrogen-bond donors (Lipinski definition) is 7. The van der Waals surface area contributed by atoms with Crippen LogP contribution in [-0.4, -0.2) is 66.5 Å². The van der Waals surface area contributed by atoms with Crippen LogP contribution in [0.15, 0.2) is 0 Å². The topological polar surface area (TPSA) is 99.3 Å². The summed E-state index contributed by atoms with van der Waals surface area (Å²) in [4.78, 5) is 35.2. The molecule has 0 aromatic heterocycles. The summed E-state index contributed by atoms with van der Waals surface area (Å²) in [6, 6.07) is 0. The molecule has 0 bridgehead atoms. The Bertz CT molecular complexity index is 498. The molecule has 140 valence electrons. The van der Waals surface area contributed by atoms with Crippen LogP contribution in [-0.2, 0) is 14.4 Å². The van der Waals surface area contributed by atoms with Gasteiger partial charge in [-0.1, -0.05) is 0 Å². The Balaban J connectivity index is 5.39. The molecule has 0 spiro atoms. The normalized spacial score (nSPS) is 18.5. The molecule has 13 heteroatoms. The number of rotatable bonds is 9. The van der Waals surface area contributed by atoms with Gasteiger partial charge in [0.2, 0.25) is 5.79 Å². The second-order valence-corrected chi connectivity index (χ2v) is 5.56. The van der Waals surface area contributed by atoms with Crippen molar-refractivity contribution in [3.63, 3.8) is 0 Å². The summed E-state index contributed by atoms with van der Waals surface area (Å²) >= 11 is 10.8. The first kappa shape index (κ1) is 23.2. The number of alkyl halides is 3. The monoisotopic (exact) mass is 408 g/mol. The quantitative estimate of drug-likeness (QED) is 0.196. The second-order valence-electron chi connectivity index (χ2n) is 4.62. The van der Waals surface area contributed by atoms with Crippen LogP contribution < -0.4 is 21.3 Å². The van der Waals surface area contributed by atoms with E-state index >= 15 is 0 Å². The third-order valence-electron chi connectivity index (χ3n) is 2.98. The number of likely N-dealkylation sites (N-methyl/N-ethyl adjacent to an activating group) is 2. The zero-order valence-electron chi connectivity index (χ0n) is 12.8. The highest BCUT2D eigenvalue weighted by atomic mass is 32.1. The lowest BCUT2D eigenvalue weighted by atomic mass is 10.1. The van der Waals surface area contributed by atoms with E-state index in [-0.39, 0.29) is 0 Å². The molecule has 24 heavy (non-hydrogen) atoms. The summed E-state index contributed by atoms with van der Waals surface area (Å²) in [5.41, 5.74) is 0. The van der Waals surface area contributed by atoms with Crippen molar-refractivity contribution in [3.8, 4) is 0 Å². The van der Waals surface area contributed by atoms with E-state index < -0.39 is 52.4 Å². The van der Waals surface area contributed by atoms with Crippen molar-refractivity contribution < 1.29 is 27.6 Å². The fraction of sp³-hybridized carbons (Fsp3) is 0.727. The smallest absolute Gasteiger partial charge is 0.282 e. The largest absolute Gasteiger partial charge is 0.355 e. The third-order valence-corrected chi connectivity index (χ3v) is 4.29. The molecule has 4 N–H and O–H groups in total. The Hall–Kier alpha value is -0.790. The molecular weight excluding hydrogens is 389 g/mol. The van der Waals surface area contributed by atoms with Gasteiger partial charge in [0.1, 0.15) is 0 Å². The van der Waals surface area contributed by atoms with Gasteiger partial charge in [0.15, 0.2) is 0 Å². The van der Waals surface area contributed by atoms with Crippen molar-refractivity contribution in [2.75, 3.05) is 31.4 Å². The number of thiol groups is 3. The van der Waals surface area contributed by atoms with E-state index in [1.807, 2.05) is 10.6 Å². The minimum Gasteiger partial charge on any atom is -0.355 e. The van der Waals surface area contributed by atoms with Gasteiger partial charge in [0, 0.05) is 12.8 Å². The lowest BCUT2D eigenvalue weighted by Crippen LogP contribution is -2.67. The van der Waals surface area contributed by atoms with E-state index in [2.05, 4.69) is 37.9 Å². The molecule has 1 unspecified atom stereocenters. The van der Waals surface area contributed by atoms with Crippen molar-refractivity contribution in [1.29, 1.82) is 0 Å². The lowest BCUT2D eigenvalue weighted by Gasteiger charge is -2.31. The molecule has 0 aromatic carbocycles. The summed E-state index contributed by atoms with van der Waals surface area (Å²) < 4.78 is 43.0. The fourth-order valence-electron chi connectivity index (χ4n) is 1.36. The summed E-state index contributed by atoms with van der Waals surface area (Å²) in [5.74, 6) is -16.1. The van der Waals surface area contributed by atoms with Gasteiger partial charge in [0.05, 0.1) is 11.5 Å². The average molecular weight is 408 g/mol. The van der Waals surface area contributed by atoms with Gasteiger partial charge in [0.25, 0.3) is 29.3 Å². The summed E-state index contributed by atoms with van der Waals surface area (Å²) in [6.07, 6.45) is 0. The van der Waals surface area contributed by atoms with E-state index in [0.717, 1.165) is 14.1 Å². The maximum atomic E-state index is 14.6. The molecule has 3 atom stereocenters. The zero-order chi connectivity index (χ0) is 19.2. The molecular formula is C11H19F3N4O3S3. The van der Waals surface area contributed by atoms with Crippen molar-refractivity contribution in [2.24, 2.45) is 0 Å². The van der Waals surface area contributed by atoms with Gasteiger partial charge >= 0.3 is 0 Å². The zero-order valence-corrected chi connectivity index (χ0v) is 15.5. The van der Waals surface area contributed by atoms with E-state index in [1.165, 1.54) is 10.6 Å². The van der Waals surface area contributed by atoms with Crippen molar-refractivity contribution >= 4 is 55.6 Å². The number of nitrogens with one attached hydrogen (secondary N) is 4. The number of amides is 3. The van der Waals surface area contributed by atoms with Crippen LogP contribution in [0, 0.1) is 0 Å². The molecule has 0 heterocycles. The minimum absolute atomic E-state index is 0.665. The van der Waals surface area contributed by atoms with Gasteiger partial charge in [-0.3, -0.25) is 19.7 Å². The Labute approximate surface area is 153 Å². The van der Waals surface area contributed by atoms with Crippen molar-refractivity contribution in [1.82, 2.24) is 21.3 Å². The standard InChI is InChI=1S/C11H19F3N4O3S3/c1-15-6(19)10(13,4-23)18-8(21)11(14,5-24)17-7(20)9(12,3-22)16-2/h16,22-24H,3-5H2,1-2H3,(H,15,19)(H,17,20)(H,18,21)/t9-,10?,11-/m0/s1. The van der Waals surface area contributed by atoms with E-state index in [4.69, 9.17) is 0 Å². The van der Waals surface area contributed by atoms with Crippen LogP contribution in [0.4, 0.5) is 13.2 Å². The molecule has 0 saturated carbocycles. The van der Waals surface area contributed by atoms with Gasteiger partial charge < -0.3 is 16.0 Å². The SMILES string of the molecule is CNC(=O)C(F)(CS)NC(=O)[C@](F)(CS)NC(=O)[C@](F)(CS)NC. The Morgan fingerprint density at radius 2 is 1.08 bits per heavy atom. The molecule has 0 aliphatic carbocycles. The molecule has 7 nitrogen and oxygen atoms in total. The van der Waals surface area contributed by atoms with Crippen molar-refractivity contribution in [2.45, 2.75) is 17.4 Å². The van der Waals surface area contributed by atoms with Gasteiger partial charge in [-0.25, -0.2) is 13.2 Å².